The van der Waals surface area contributed by atoms with Crippen molar-refractivity contribution in [2.24, 2.45) is 0 Å². The highest BCUT2D eigenvalue weighted by atomic mass is 16.5. The number of likely N-dealkylation sites (N-methyl/N-ethyl adjacent to an activating group) is 1. The molecule has 0 spiro atoms. The number of pyridine rings is 1. The molecule has 1 atom stereocenters. The summed E-state index contributed by atoms with van der Waals surface area (Å²) < 4.78 is 5.37. The second-order valence-electron chi connectivity index (χ2n) is 3.53. The highest BCUT2D eigenvalue weighted by Gasteiger charge is 2.16. The normalized spacial score (nSPS) is 11.7. The molecule has 16 heavy (non-hydrogen) atoms. The number of ether oxygens (including phenoxy) is 1. The van der Waals surface area contributed by atoms with Gasteiger partial charge in [-0.2, -0.15) is 0 Å². The number of amides is 1. The number of aromatic nitrogens is 1. The lowest BCUT2D eigenvalue weighted by atomic mass is 10.3. The van der Waals surface area contributed by atoms with E-state index >= 15 is 0 Å². The molecule has 0 bridgehead atoms. The molecule has 0 aromatic carbocycles. The first kappa shape index (κ1) is 12.2. The zero-order valence-corrected chi connectivity index (χ0v) is 9.51. The van der Waals surface area contributed by atoms with E-state index in [1.54, 1.807) is 27.1 Å². The Hall–Kier alpha value is -1.91. The van der Waals surface area contributed by atoms with Crippen LogP contribution in [-0.2, 0) is 4.79 Å². The number of aldehydes is 1. The summed E-state index contributed by atoms with van der Waals surface area (Å²) in [5.74, 6) is 0.341. The molecule has 0 aliphatic heterocycles. The molecule has 0 saturated heterocycles. The fourth-order valence-electron chi connectivity index (χ4n) is 1.15. The minimum atomic E-state index is -0.570. The smallest absolute Gasteiger partial charge is 0.262 e. The molecule has 0 saturated carbocycles. The van der Waals surface area contributed by atoms with Crippen molar-refractivity contribution < 1.29 is 14.3 Å². The number of hydrogen-bond donors (Lipinski definition) is 0. The highest BCUT2D eigenvalue weighted by Crippen LogP contribution is 2.11. The molecule has 1 aromatic rings. The largest absolute Gasteiger partial charge is 0.479 e. The van der Waals surface area contributed by atoms with Gasteiger partial charge in [0, 0.05) is 14.1 Å². The van der Waals surface area contributed by atoms with Gasteiger partial charge in [0.1, 0.15) is 11.4 Å². The summed E-state index contributed by atoms with van der Waals surface area (Å²) >= 11 is 0. The third-order valence-electron chi connectivity index (χ3n) is 1.98. The van der Waals surface area contributed by atoms with Crippen molar-refractivity contribution >= 4 is 12.2 Å². The molecule has 0 radical (unpaired) electrons. The van der Waals surface area contributed by atoms with Crippen molar-refractivity contribution in [2.75, 3.05) is 14.1 Å². The standard InChI is InChI=1S/C11H14N2O3/c1-8(11(15)13(2)3)16-10-5-4-9(7-14)12-6-10/h4-8H,1-3H3. The first-order valence-electron chi connectivity index (χ1n) is 4.83. The molecule has 0 fully saturated rings. The van der Waals surface area contributed by atoms with Gasteiger partial charge < -0.3 is 9.64 Å². The van der Waals surface area contributed by atoms with Gasteiger partial charge in [0.15, 0.2) is 12.4 Å². The van der Waals surface area contributed by atoms with E-state index in [2.05, 4.69) is 4.98 Å². The Balaban J connectivity index is 2.66. The number of hydrogen-bond acceptors (Lipinski definition) is 4. The fraction of sp³-hybridized carbons (Fsp3) is 0.364. The molecule has 1 amide bonds. The molecule has 0 aliphatic carbocycles. The van der Waals surface area contributed by atoms with E-state index in [4.69, 9.17) is 4.74 Å². The van der Waals surface area contributed by atoms with Gasteiger partial charge in [0.2, 0.25) is 0 Å². The summed E-state index contributed by atoms with van der Waals surface area (Å²) in [7, 11) is 3.33. The van der Waals surface area contributed by atoms with E-state index in [0.29, 0.717) is 17.7 Å². The molecule has 0 aliphatic rings. The van der Waals surface area contributed by atoms with E-state index in [1.807, 2.05) is 0 Å². The van der Waals surface area contributed by atoms with E-state index < -0.39 is 6.10 Å². The van der Waals surface area contributed by atoms with Gasteiger partial charge in [-0.15, -0.1) is 0 Å². The zero-order valence-electron chi connectivity index (χ0n) is 9.51. The topological polar surface area (TPSA) is 59.5 Å². The lowest BCUT2D eigenvalue weighted by molar-refractivity contribution is -0.135. The van der Waals surface area contributed by atoms with Crippen molar-refractivity contribution in [2.45, 2.75) is 13.0 Å². The molecular formula is C11H14N2O3. The van der Waals surface area contributed by atoms with E-state index in [-0.39, 0.29) is 5.91 Å². The summed E-state index contributed by atoms with van der Waals surface area (Å²) in [6, 6.07) is 3.14. The van der Waals surface area contributed by atoms with Crippen molar-refractivity contribution in [1.82, 2.24) is 9.88 Å². The summed E-state index contributed by atoms with van der Waals surface area (Å²) in [6.45, 7) is 1.66. The van der Waals surface area contributed by atoms with Crippen LogP contribution in [0, 0.1) is 0 Å². The average Bonchev–Trinajstić information content (AvgIpc) is 2.28. The first-order valence-corrected chi connectivity index (χ1v) is 4.83. The first-order chi connectivity index (χ1) is 7.54. The van der Waals surface area contributed by atoms with Gasteiger partial charge in [-0.25, -0.2) is 4.98 Å². The van der Waals surface area contributed by atoms with E-state index in [9.17, 15) is 9.59 Å². The zero-order chi connectivity index (χ0) is 12.1. The maximum atomic E-state index is 11.5. The number of rotatable bonds is 4. The molecule has 1 aromatic heterocycles. The van der Waals surface area contributed by atoms with Crippen molar-refractivity contribution in [3.05, 3.63) is 24.0 Å². The van der Waals surface area contributed by atoms with Crippen LogP contribution >= 0.6 is 0 Å². The Morgan fingerprint density at radius 1 is 1.50 bits per heavy atom. The number of carbonyl (C=O) groups excluding carboxylic acids is 2. The maximum Gasteiger partial charge on any atom is 0.262 e. The molecule has 1 rings (SSSR count). The van der Waals surface area contributed by atoms with Crippen molar-refractivity contribution in [1.29, 1.82) is 0 Å². The van der Waals surface area contributed by atoms with E-state index in [1.165, 1.54) is 17.2 Å². The summed E-state index contributed by atoms with van der Waals surface area (Å²) in [4.78, 5) is 27.2. The van der Waals surface area contributed by atoms with Crippen molar-refractivity contribution in [3.8, 4) is 5.75 Å². The third-order valence-corrected chi connectivity index (χ3v) is 1.98. The van der Waals surface area contributed by atoms with Gasteiger partial charge in [-0.3, -0.25) is 9.59 Å². The van der Waals surface area contributed by atoms with Crippen LogP contribution in [0.25, 0.3) is 0 Å². The summed E-state index contributed by atoms with van der Waals surface area (Å²) in [6.07, 6.45) is 1.50. The molecule has 1 unspecified atom stereocenters. The monoisotopic (exact) mass is 222 g/mol. The molecule has 5 nitrogen and oxygen atoms in total. The Morgan fingerprint density at radius 2 is 2.19 bits per heavy atom. The van der Waals surface area contributed by atoms with Crippen LogP contribution in [0.5, 0.6) is 5.75 Å². The van der Waals surface area contributed by atoms with Crippen LogP contribution in [0.2, 0.25) is 0 Å². The third kappa shape index (κ3) is 3.05. The van der Waals surface area contributed by atoms with Gasteiger partial charge in [-0.1, -0.05) is 0 Å². The molecule has 86 valence electrons. The average molecular weight is 222 g/mol. The number of nitrogens with zero attached hydrogens (tertiary/aromatic N) is 2. The maximum absolute atomic E-state index is 11.5. The predicted molar refractivity (Wildman–Crippen MR) is 58.4 cm³/mol. The molecule has 5 heteroatoms. The minimum absolute atomic E-state index is 0.125. The van der Waals surface area contributed by atoms with Crippen LogP contribution in [0.4, 0.5) is 0 Å². The molecular weight excluding hydrogens is 208 g/mol. The second-order valence-corrected chi connectivity index (χ2v) is 3.53. The second kappa shape index (κ2) is 5.25. The van der Waals surface area contributed by atoms with Gasteiger partial charge in [-0.05, 0) is 19.1 Å². The van der Waals surface area contributed by atoms with Gasteiger partial charge >= 0.3 is 0 Å². The van der Waals surface area contributed by atoms with Crippen LogP contribution < -0.4 is 4.74 Å². The Bertz CT molecular complexity index is 373. The number of carbonyl (C=O) groups is 2. The fourth-order valence-corrected chi connectivity index (χ4v) is 1.15. The minimum Gasteiger partial charge on any atom is -0.479 e. The lowest BCUT2D eigenvalue weighted by Gasteiger charge is -2.17. The summed E-state index contributed by atoms with van der Waals surface area (Å²) in [5.41, 5.74) is 0.332. The summed E-state index contributed by atoms with van der Waals surface area (Å²) in [5, 5.41) is 0. The quantitative estimate of drug-likeness (QED) is 0.705. The van der Waals surface area contributed by atoms with Gasteiger partial charge in [0.05, 0.1) is 6.20 Å². The van der Waals surface area contributed by atoms with Crippen LogP contribution in [0.3, 0.4) is 0 Å². The molecule has 0 N–H and O–H groups in total. The Kier molecular flexibility index (Phi) is 3.99. The van der Waals surface area contributed by atoms with E-state index in [0.717, 1.165) is 0 Å². The Labute approximate surface area is 94.0 Å². The lowest BCUT2D eigenvalue weighted by Crippen LogP contribution is -2.35. The molecule has 1 heterocycles. The van der Waals surface area contributed by atoms with Crippen LogP contribution in [0.15, 0.2) is 18.3 Å². The van der Waals surface area contributed by atoms with Crippen LogP contribution in [-0.4, -0.2) is 42.3 Å². The van der Waals surface area contributed by atoms with Crippen LogP contribution in [0.1, 0.15) is 17.4 Å². The van der Waals surface area contributed by atoms with Crippen molar-refractivity contribution in [3.63, 3.8) is 0 Å². The SMILES string of the molecule is CC(Oc1ccc(C=O)nc1)C(=O)N(C)C. The highest BCUT2D eigenvalue weighted by molar-refractivity contribution is 5.80. The predicted octanol–water partition coefficient (Wildman–Crippen LogP) is 0.750. The van der Waals surface area contributed by atoms with Gasteiger partial charge in [0.25, 0.3) is 5.91 Å². The Morgan fingerprint density at radius 3 is 2.62 bits per heavy atom.